The number of likely N-dealkylation sites (N-methyl/N-ethyl adjacent to an activating group) is 1. The van der Waals surface area contributed by atoms with Crippen LogP contribution >= 0.6 is 11.6 Å². The Bertz CT molecular complexity index is 2100. The number of halogens is 1. The number of amides is 1. The van der Waals surface area contributed by atoms with Gasteiger partial charge >= 0.3 is 0 Å². The summed E-state index contributed by atoms with van der Waals surface area (Å²) < 4.78 is 39.8. The molecule has 3 aromatic carbocycles. The molecule has 0 aromatic heterocycles. The monoisotopic (exact) mass is 764 g/mol. The standard InChI is InChI=1S/C39H41ClN2O12/c1-18-11-24(44)31(37(46)39(18)38(47)32-26(49-4)15-27(50-5)33(40)35(32)54-39)21(19-7-8-23(43)25(12-19)48-3)14-29(45)41-16-22-30-20(9-10-42(22)2)13-28-34(36(30)51-6)53-17-52-28/h7-8,12-13,15,18,21-22,43,46H,9-11,14,16-17H2,1-6H3,(H,41,45). The van der Waals surface area contributed by atoms with Gasteiger partial charge in [-0.05, 0) is 42.8 Å². The Kier molecular flexibility index (Phi) is 9.69. The van der Waals surface area contributed by atoms with E-state index in [1.54, 1.807) is 14.0 Å². The number of carbonyl (C=O) groups excluding carboxylic acids is 3. The predicted octanol–water partition coefficient (Wildman–Crippen LogP) is 5.06. The van der Waals surface area contributed by atoms with Gasteiger partial charge in [0.05, 0.1) is 34.5 Å². The highest BCUT2D eigenvalue weighted by atomic mass is 35.5. The van der Waals surface area contributed by atoms with Crippen LogP contribution in [0.3, 0.4) is 0 Å². The summed E-state index contributed by atoms with van der Waals surface area (Å²) in [7, 11) is 7.65. The average Bonchev–Trinajstić information content (AvgIpc) is 3.76. The highest BCUT2D eigenvalue weighted by Gasteiger charge is 2.61. The Balaban J connectivity index is 1.27. The largest absolute Gasteiger partial charge is 0.507 e. The summed E-state index contributed by atoms with van der Waals surface area (Å²) in [5, 5.41) is 25.7. The molecule has 1 aliphatic carbocycles. The van der Waals surface area contributed by atoms with E-state index in [4.69, 9.17) is 44.8 Å². The second-order valence-electron chi connectivity index (χ2n) is 13.7. The van der Waals surface area contributed by atoms with Crippen LogP contribution in [0.5, 0.6) is 46.0 Å². The fourth-order valence-corrected chi connectivity index (χ4v) is 8.35. The number of rotatable bonds is 10. The molecule has 15 heteroatoms. The second-order valence-corrected chi connectivity index (χ2v) is 14.1. The van der Waals surface area contributed by atoms with Crippen molar-refractivity contribution in [2.75, 3.05) is 55.4 Å². The molecule has 4 aliphatic rings. The molecular formula is C39H41ClN2O12. The smallest absolute Gasteiger partial charge is 0.231 e. The first-order chi connectivity index (χ1) is 25.9. The van der Waals surface area contributed by atoms with E-state index < -0.39 is 40.7 Å². The Morgan fingerprint density at radius 3 is 2.46 bits per heavy atom. The molecule has 0 saturated carbocycles. The van der Waals surface area contributed by atoms with Crippen molar-refractivity contribution in [2.45, 2.75) is 43.7 Å². The Morgan fingerprint density at radius 1 is 1.02 bits per heavy atom. The molecule has 0 bridgehead atoms. The van der Waals surface area contributed by atoms with Crippen LogP contribution in [0.15, 0.2) is 41.7 Å². The molecule has 1 spiro atoms. The van der Waals surface area contributed by atoms with Crippen molar-refractivity contribution in [1.29, 1.82) is 0 Å². The summed E-state index contributed by atoms with van der Waals surface area (Å²) >= 11 is 6.64. The number of hydrogen-bond acceptors (Lipinski definition) is 13. The first kappa shape index (κ1) is 37.0. The van der Waals surface area contributed by atoms with Crippen LogP contribution in [0.2, 0.25) is 5.02 Å². The molecular weight excluding hydrogens is 724 g/mol. The summed E-state index contributed by atoms with van der Waals surface area (Å²) in [4.78, 5) is 44.7. The van der Waals surface area contributed by atoms with E-state index in [2.05, 4.69) is 10.2 Å². The van der Waals surface area contributed by atoms with Crippen molar-refractivity contribution in [2.24, 2.45) is 5.92 Å². The SMILES string of the molecule is COc1cc(C(CC(=O)NCC2c3c(cc4c(c3OC)OCO4)CCN2C)C2=C(O)C3(Oc4c(Cl)c(OC)cc(OC)c4C3=O)C(C)CC2=O)ccc1O. The quantitative estimate of drug-likeness (QED) is 0.250. The third kappa shape index (κ3) is 5.70. The maximum Gasteiger partial charge on any atom is 0.231 e. The van der Waals surface area contributed by atoms with Gasteiger partial charge in [0.15, 0.2) is 40.3 Å². The lowest BCUT2D eigenvalue weighted by Crippen LogP contribution is -2.53. The van der Waals surface area contributed by atoms with E-state index in [9.17, 15) is 24.6 Å². The molecule has 14 nitrogen and oxygen atoms in total. The van der Waals surface area contributed by atoms with Gasteiger partial charge in [0.25, 0.3) is 0 Å². The molecule has 286 valence electrons. The van der Waals surface area contributed by atoms with Crippen LogP contribution in [0.25, 0.3) is 0 Å². The average molecular weight is 765 g/mol. The van der Waals surface area contributed by atoms with Crippen molar-refractivity contribution >= 4 is 29.1 Å². The number of ketones is 2. The number of fused-ring (bicyclic) bond motifs is 3. The highest BCUT2D eigenvalue weighted by molar-refractivity contribution is 6.35. The first-order valence-electron chi connectivity index (χ1n) is 17.4. The number of nitrogens with zero attached hydrogens (tertiary/aromatic N) is 1. The van der Waals surface area contributed by atoms with E-state index in [-0.39, 0.29) is 77.1 Å². The number of allylic oxidation sites excluding steroid dienone is 1. The predicted molar refractivity (Wildman–Crippen MR) is 194 cm³/mol. The van der Waals surface area contributed by atoms with Crippen LogP contribution in [0.1, 0.15) is 58.8 Å². The highest BCUT2D eigenvalue weighted by Crippen LogP contribution is 2.56. The van der Waals surface area contributed by atoms with E-state index in [1.165, 1.54) is 45.6 Å². The molecule has 0 saturated heterocycles. The number of methoxy groups -OCH3 is 4. The zero-order chi connectivity index (χ0) is 38.6. The molecule has 4 unspecified atom stereocenters. The zero-order valence-electron chi connectivity index (χ0n) is 30.7. The van der Waals surface area contributed by atoms with Crippen LogP contribution < -0.4 is 38.5 Å². The first-order valence-corrected chi connectivity index (χ1v) is 17.8. The van der Waals surface area contributed by atoms with Crippen LogP contribution in [0.4, 0.5) is 0 Å². The summed E-state index contributed by atoms with van der Waals surface area (Å²) in [5.74, 6) is -2.39. The van der Waals surface area contributed by atoms with Crippen molar-refractivity contribution in [3.05, 3.63) is 68.9 Å². The van der Waals surface area contributed by atoms with Gasteiger partial charge < -0.3 is 48.7 Å². The molecule has 3 aromatic rings. The number of aromatic hydroxyl groups is 1. The zero-order valence-corrected chi connectivity index (χ0v) is 31.4. The number of hydrogen-bond donors (Lipinski definition) is 3. The van der Waals surface area contributed by atoms with Gasteiger partial charge in [0.2, 0.25) is 29.8 Å². The lowest BCUT2D eigenvalue weighted by Gasteiger charge is -2.39. The summed E-state index contributed by atoms with van der Waals surface area (Å²) in [6.07, 6.45) is 0.200. The number of phenolic OH excluding ortho intramolecular Hbond substituents is 1. The van der Waals surface area contributed by atoms with E-state index in [0.29, 0.717) is 29.4 Å². The van der Waals surface area contributed by atoms with E-state index in [1.807, 2.05) is 13.1 Å². The van der Waals surface area contributed by atoms with Gasteiger partial charge in [-0.3, -0.25) is 19.3 Å². The minimum Gasteiger partial charge on any atom is -0.507 e. The van der Waals surface area contributed by atoms with Crippen LogP contribution in [-0.2, 0) is 16.0 Å². The Labute approximate surface area is 316 Å². The number of nitrogens with one attached hydrogen (secondary N) is 1. The van der Waals surface area contributed by atoms with Gasteiger partial charge in [-0.2, -0.15) is 0 Å². The number of aliphatic hydroxyl groups is 1. The minimum absolute atomic E-state index is 0.00824. The van der Waals surface area contributed by atoms with Gasteiger partial charge in [0, 0.05) is 55.0 Å². The maximum absolute atomic E-state index is 14.5. The van der Waals surface area contributed by atoms with Gasteiger partial charge in [0.1, 0.15) is 22.1 Å². The Morgan fingerprint density at radius 2 is 1.76 bits per heavy atom. The van der Waals surface area contributed by atoms with Crippen molar-refractivity contribution < 1.29 is 57.8 Å². The maximum atomic E-state index is 14.5. The third-order valence-electron chi connectivity index (χ3n) is 10.9. The molecule has 0 fully saturated rings. The molecule has 3 heterocycles. The van der Waals surface area contributed by atoms with Crippen LogP contribution in [-0.4, -0.2) is 93.6 Å². The van der Waals surface area contributed by atoms with Gasteiger partial charge in [-0.15, -0.1) is 0 Å². The lowest BCUT2D eigenvalue weighted by molar-refractivity contribution is -0.122. The molecule has 7 rings (SSSR count). The third-order valence-corrected chi connectivity index (χ3v) is 11.3. The second kappa shape index (κ2) is 14.1. The number of benzene rings is 3. The lowest BCUT2D eigenvalue weighted by atomic mass is 9.69. The number of ether oxygens (including phenoxy) is 7. The molecule has 1 amide bonds. The normalized spacial score (nSPS) is 22.1. The van der Waals surface area contributed by atoms with Crippen LogP contribution in [0, 0.1) is 5.92 Å². The van der Waals surface area contributed by atoms with E-state index >= 15 is 0 Å². The summed E-state index contributed by atoms with van der Waals surface area (Å²) in [5.41, 5.74) is -0.00597. The van der Waals surface area contributed by atoms with Crippen molar-refractivity contribution in [3.8, 4) is 46.0 Å². The topological polar surface area (TPSA) is 172 Å². The fourth-order valence-electron chi connectivity index (χ4n) is 8.09. The van der Waals surface area contributed by atoms with E-state index in [0.717, 1.165) is 17.5 Å². The molecule has 3 aliphatic heterocycles. The number of Topliss-reactive ketones (excluding diaryl/α,β-unsaturated/α-hetero) is 2. The fraction of sp³-hybridized carbons (Fsp3) is 0.410. The molecule has 54 heavy (non-hydrogen) atoms. The molecule has 4 atom stereocenters. The molecule has 0 radical (unpaired) electrons. The van der Waals surface area contributed by atoms with Crippen molar-refractivity contribution in [3.63, 3.8) is 0 Å². The van der Waals surface area contributed by atoms with Gasteiger partial charge in [-0.1, -0.05) is 24.6 Å². The van der Waals surface area contributed by atoms with Gasteiger partial charge in [-0.25, -0.2) is 0 Å². The summed E-state index contributed by atoms with van der Waals surface area (Å²) in [6.45, 7) is 2.57. The molecule has 3 N–H and O–H groups in total. The number of aliphatic hydroxyl groups excluding tert-OH is 1. The van der Waals surface area contributed by atoms with Crippen molar-refractivity contribution in [1.82, 2.24) is 10.2 Å². The number of phenols is 1. The Hall–Kier alpha value is -5.34. The number of carbonyl (C=O) groups is 3. The summed E-state index contributed by atoms with van der Waals surface area (Å²) in [6, 6.07) is 7.48. The minimum atomic E-state index is -2.07.